The lowest BCUT2D eigenvalue weighted by molar-refractivity contribution is -0.122. The lowest BCUT2D eigenvalue weighted by Crippen LogP contribution is -2.53. The van der Waals surface area contributed by atoms with Gasteiger partial charge in [-0.15, -0.1) is 0 Å². The molecule has 2 rings (SSSR count). The number of rotatable bonds is 3. The highest BCUT2D eigenvalue weighted by Crippen LogP contribution is 2.28. The number of nitrogens with zero attached hydrogens (tertiary/aromatic N) is 1. The Labute approximate surface area is 85.0 Å². The van der Waals surface area contributed by atoms with Crippen molar-refractivity contribution in [3.8, 4) is 0 Å². The number of hydrogen-bond donors (Lipinski definition) is 2. The number of hydrogen-bond acceptors (Lipinski definition) is 3. The van der Waals surface area contributed by atoms with Crippen molar-refractivity contribution < 1.29 is 4.79 Å². The Morgan fingerprint density at radius 2 is 2.36 bits per heavy atom. The van der Waals surface area contributed by atoms with E-state index in [-0.39, 0.29) is 5.91 Å². The number of likely N-dealkylation sites (N-methyl/N-ethyl adjacent to an activating group) is 1. The van der Waals surface area contributed by atoms with Crippen molar-refractivity contribution in [2.24, 2.45) is 5.92 Å². The maximum atomic E-state index is 11.4. The van der Waals surface area contributed by atoms with E-state index in [9.17, 15) is 4.79 Å². The first-order valence-corrected chi connectivity index (χ1v) is 5.45. The summed E-state index contributed by atoms with van der Waals surface area (Å²) in [4.78, 5) is 13.7. The van der Waals surface area contributed by atoms with Gasteiger partial charge in [-0.3, -0.25) is 4.79 Å². The Bertz CT molecular complexity index is 215. The van der Waals surface area contributed by atoms with Crippen LogP contribution < -0.4 is 10.6 Å². The fourth-order valence-corrected chi connectivity index (χ4v) is 1.84. The standard InChI is InChI=1S/C10H19N3O/c1-13-5-4-11-9(7-13)6-12-10(14)8-2-3-8/h8-9,11H,2-7H2,1H3,(H,12,14). The summed E-state index contributed by atoms with van der Waals surface area (Å²) in [5.74, 6) is 0.580. The van der Waals surface area contributed by atoms with Crippen molar-refractivity contribution in [1.82, 2.24) is 15.5 Å². The van der Waals surface area contributed by atoms with Crippen molar-refractivity contribution in [3.63, 3.8) is 0 Å². The fraction of sp³-hybridized carbons (Fsp3) is 0.900. The molecule has 2 fully saturated rings. The van der Waals surface area contributed by atoms with Crippen LogP contribution in [-0.4, -0.2) is 50.1 Å². The molecule has 1 atom stereocenters. The van der Waals surface area contributed by atoms with Crippen molar-refractivity contribution >= 4 is 5.91 Å². The van der Waals surface area contributed by atoms with Crippen molar-refractivity contribution in [3.05, 3.63) is 0 Å². The molecule has 0 aromatic rings. The normalized spacial score (nSPS) is 28.8. The van der Waals surface area contributed by atoms with Gasteiger partial charge in [-0.05, 0) is 19.9 Å². The van der Waals surface area contributed by atoms with Crippen LogP contribution in [-0.2, 0) is 4.79 Å². The molecule has 0 aromatic carbocycles. The van der Waals surface area contributed by atoms with Crippen LogP contribution in [0.25, 0.3) is 0 Å². The fourth-order valence-electron chi connectivity index (χ4n) is 1.84. The Hall–Kier alpha value is -0.610. The van der Waals surface area contributed by atoms with Crippen molar-refractivity contribution in [2.45, 2.75) is 18.9 Å². The van der Waals surface area contributed by atoms with E-state index in [4.69, 9.17) is 0 Å². The van der Waals surface area contributed by atoms with Crippen LogP contribution in [0.1, 0.15) is 12.8 Å². The molecule has 4 heteroatoms. The minimum atomic E-state index is 0.250. The first-order valence-electron chi connectivity index (χ1n) is 5.45. The van der Waals surface area contributed by atoms with Crippen LogP contribution >= 0.6 is 0 Å². The van der Waals surface area contributed by atoms with Gasteiger partial charge in [0.25, 0.3) is 0 Å². The molecule has 1 heterocycles. The Morgan fingerprint density at radius 1 is 1.57 bits per heavy atom. The first kappa shape index (κ1) is 9.93. The highest BCUT2D eigenvalue weighted by molar-refractivity contribution is 5.80. The van der Waals surface area contributed by atoms with Crippen molar-refractivity contribution in [2.75, 3.05) is 33.2 Å². The summed E-state index contributed by atoms with van der Waals surface area (Å²) < 4.78 is 0. The molecule has 2 aliphatic rings. The second-order valence-electron chi connectivity index (χ2n) is 4.43. The predicted molar refractivity (Wildman–Crippen MR) is 55.0 cm³/mol. The molecular weight excluding hydrogens is 178 g/mol. The molecule has 0 radical (unpaired) electrons. The summed E-state index contributed by atoms with van der Waals surface area (Å²) in [5.41, 5.74) is 0. The summed E-state index contributed by atoms with van der Waals surface area (Å²) in [6.07, 6.45) is 2.17. The zero-order chi connectivity index (χ0) is 9.97. The average Bonchev–Trinajstić information content (AvgIpc) is 2.97. The second kappa shape index (κ2) is 4.28. The van der Waals surface area contributed by atoms with Crippen LogP contribution in [0.15, 0.2) is 0 Å². The molecule has 1 saturated carbocycles. The number of amides is 1. The SMILES string of the molecule is CN1CCNC(CNC(=O)C2CC2)C1. The zero-order valence-corrected chi connectivity index (χ0v) is 8.75. The molecule has 1 saturated heterocycles. The van der Waals surface area contributed by atoms with Gasteiger partial charge in [0.1, 0.15) is 0 Å². The monoisotopic (exact) mass is 197 g/mol. The van der Waals surface area contributed by atoms with E-state index in [1.165, 1.54) is 0 Å². The molecule has 14 heavy (non-hydrogen) atoms. The molecular formula is C10H19N3O. The second-order valence-corrected chi connectivity index (χ2v) is 4.43. The van der Waals surface area contributed by atoms with Gasteiger partial charge in [0.15, 0.2) is 0 Å². The van der Waals surface area contributed by atoms with Gasteiger partial charge in [-0.1, -0.05) is 0 Å². The highest BCUT2D eigenvalue weighted by Gasteiger charge is 2.29. The third-order valence-electron chi connectivity index (χ3n) is 2.93. The molecule has 1 aliphatic carbocycles. The Kier molecular flexibility index (Phi) is 3.03. The number of piperazine rings is 1. The van der Waals surface area contributed by atoms with Gasteiger partial charge in [0, 0.05) is 38.1 Å². The average molecular weight is 197 g/mol. The van der Waals surface area contributed by atoms with Gasteiger partial charge in [-0.2, -0.15) is 0 Å². The lowest BCUT2D eigenvalue weighted by Gasteiger charge is -2.30. The highest BCUT2D eigenvalue weighted by atomic mass is 16.2. The third-order valence-corrected chi connectivity index (χ3v) is 2.93. The van der Waals surface area contributed by atoms with Gasteiger partial charge in [0.05, 0.1) is 0 Å². The van der Waals surface area contributed by atoms with Crippen LogP contribution in [0.4, 0.5) is 0 Å². The van der Waals surface area contributed by atoms with E-state index >= 15 is 0 Å². The minimum Gasteiger partial charge on any atom is -0.354 e. The van der Waals surface area contributed by atoms with Crippen LogP contribution in [0.2, 0.25) is 0 Å². The Balaban J connectivity index is 1.66. The number of nitrogens with one attached hydrogen (secondary N) is 2. The molecule has 1 aliphatic heterocycles. The summed E-state index contributed by atoms with van der Waals surface area (Å²) in [6.45, 7) is 3.94. The third kappa shape index (κ3) is 2.69. The Morgan fingerprint density at radius 3 is 3.00 bits per heavy atom. The van der Waals surface area contributed by atoms with Crippen LogP contribution in [0.3, 0.4) is 0 Å². The van der Waals surface area contributed by atoms with Crippen molar-refractivity contribution in [1.29, 1.82) is 0 Å². The maximum absolute atomic E-state index is 11.4. The molecule has 0 aromatic heterocycles. The van der Waals surface area contributed by atoms with Gasteiger partial charge < -0.3 is 15.5 Å². The molecule has 0 spiro atoms. The zero-order valence-electron chi connectivity index (χ0n) is 8.75. The van der Waals surface area contributed by atoms with Gasteiger partial charge in [0.2, 0.25) is 5.91 Å². The van der Waals surface area contributed by atoms with E-state index in [1.807, 2.05) is 0 Å². The first-order chi connectivity index (χ1) is 6.75. The minimum absolute atomic E-state index is 0.250. The predicted octanol–water partition coefficient (Wildman–Crippen LogP) is -0.584. The van der Waals surface area contributed by atoms with E-state index in [0.29, 0.717) is 12.0 Å². The topological polar surface area (TPSA) is 44.4 Å². The van der Waals surface area contributed by atoms with Gasteiger partial charge in [-0.25, -0.2) is 0 Å². The van der Waals surface area contributed by atoms with E-state index in [2.05, 4.69) is 22.6 Å². The lowest BCUT2D eigenvalue weighted by atomic mass is 10.2. The molecule has 0 bridgehead atoms. The smallest absolute Gasteiger partial charge is 0.223 e. The number of carbonyl (C=O) groups excluding carboxylic acids is 1. The summed E-state index contributed by atoms with van der Waals surface area (Å²) in [7, 11) is 2.12. The largest absolute Gasteiger partial charge is 0.354 e. The van der Waals surface area contributed by atoms with Gasteiger partial charge >= 0.3 is 0 Å². The van der Waals surface area contributed by atoms with Crippen LogP contribution in [0, 0.1) is 5.92 Å². The van der Waals surface area contributed by atoms with E-state index < -0.39 is 0 Å². The number of carbonyl (C=O) groups is 1. The summed E-state index contributed by atoms with van der Waals surface area (Å²) in [6, 6.07) is 0.427. The molecule has 4 nitrogen and oxygen atoms in total. The quantitative estimate of drug-likeness (QED) is 0.636. The van der Waals surface area contributed by atoms with Crippen LogP contribution in [0.5, 0.6) is 0 Å². The summed E-state index contributed by atoms with van der Waals surface area (Å²) >= 11 is 0. The molecule has 2 N–H and O–H groups in total. The summed E-state index contributed by atoms with van der Waals surface area (Å²) in [5, 5.41) is 6.41. The molecule has 1 amide bonds. The molecule has 80 valence electrons. The van der Waals surface area contributed by atoms with E-state index in [0.717, 1.165) is 39.0 Å². The maximum Gasteiger partial charge on any atom is 0.223 e. The molecule has 1 unspecified atom stereocenters. The van der Waals surface area contributed by atoms with E-state index in [1.54, 1.807) is 0 Å².